The minimum Gasteiger partial charge on any atom is -0.508 e. The van der Waals surface area contributed by atoms with Crippen LogP contribution < -0.4 is 33.2 Å². The number of nitrogens with two attached hydrogens (primary N) is 3. The Balaban J connectivity index is 2.20. The SMILES string of the molecule is CC(C)CC(NC(=O)C(Cc1ccc(O)cc1)NC(=O)C(N)Cc1ccccc1)C(=O)NC(CCCN=C(N)N)C(=O)O. The minimum absolute atomic E-state index is 0.0365. The highest BCUT2D eigenvalue weighted by Crippen LogP contribution is 2.13. The summed E-state index contributed by atoms with van der Waals surface area (Å²) in [5, 5.41) is 27.2. The average molecular weight is 598 g/mol. The molecule has 4 atom stereocenters. The summed E-state index contributed by atoms with van der Waals surface area (Å²) in [7, 11) is 0. The summed E-state index contributed by atoms with van der Waals surface area (Å²) in [6, 6.07) is 11.0. The molecule has 0 saturated heterocycles. The Kier molecular flexibility index (Phi) is 13.9. The first-order valence-corrected chi connectivity index (χ1v) is 14.1. The first-order chi connectivity index (χ1) is 20.3. The van der Waals surface area contributed by atoms with Crippen LogP contribution in [0.2, 0.25) is 0 Å². The number of benzene rings is 2. The number of aromatic hydroxyl groups is 1. The highest BCUT2D eigenvalue weighted by Gasteiger charge is 2.31. The second-order valence-corrected chi connectivity index (χ2v) is 10.8. The van der Waals surface area contributed by atoms with Gasteiger partial charge in [-0.15, -0.1) is 0 Å². The molecule has 13 nitrogen and oxygen atoms in total. The summed E-state index contributed by atoms with van der Waals surface area (Å²) in [6.07, 6.45) is 0.886. The van der Waals surface area contributed by atoms with Gasteiger partial charge in [0.25, 0.3) is 0 Å². The van der Waals surface area contributed by atoms with E-state index >= 15 is 0 Å². The molecule has 0 spiro atoms. The molecule has 2 rings (SSSR count). The number of aliphatic imine (C=N–C) groups is 1. The van der Waals surface area contributed by atoms with Crippen molar-refractivity contribution in [2.45, 2.75) is 70.1 Å². The van der Waals surface area contributed by atoms with E-state index in [0.29, 0.717) is 12.0 Å². The lowest BCUT2D eigenvalue weighted by atomic mass is 10.00. The molecule has 0 aromatic heterocycles. The van der Waals surface area contributed by atoms with E-state index in [9.17, 15) is 29.4 Å². The van der Waals surface area contributed by atoms with Gasteiger partial charge in [0.15, 0.2) is 5.96 Å². The van der Waals surface area contributed by atoms with Crippen molar-refractivity contribution < 1.29 is 29.4 Å². The fraction of sp³-hybridized carbons (Fsp3) is 0.433. The van der Waals surface area contributed by atoms with E-state index in [2.05, 4.69) is 20.9 Å². The molecule has 0 bridgehead atoms. The predicted octanol–water partition coefficient (Wildman–Crippen LogP) is 0.143. The van der Waals surface area contributed by atoms with Gasteiger partial charge in [-0.2, -0.15) is 0 Å². The molecule has 3 amide bonds. The standard InChI is InChI=1S/C30H43N7O6/c1-18(2)15-24(27(40)35-23(29(42)43)9-6-14-34-30(32)33)37-28(41)25(17-20-10-12-21(38)13-11-20)36-26(39)22(31)16-19-7-4-3-5-8-19/h3-5,7-8,10-13,18,22-25,38H,6,9,14-17,31H2,1-2H3,(H,35,40)(H,36,39)(H,37,41)(H,42,43)(H4,32,33,34). The van der Waals surface area contributed by atoms with Crippen molar-refractivity contribution in [3.8, 4) is 5.75 Å². The number of hydrogen-bond donors (Lipinski definition) is 8. The van der Waals surface area contributed by atoms with Crippen molar-refractivity contribution in [1.29, 1.82) is 0 Å². The van der Waals surface area contributed by atoms with Gasteiger partial charge in [0.1, 0.15) is 23.9 Å². The van der Waals surface area contributed by atoms with E-state index in [-0.39, 0.29) is 49.9 Å². The van der Waals surface area contributed by atoms with Gasteiger partial charge in [0, 0.05) is 13.0 Å². The number of amides is 3. The molecule has 0 aliphatic carbocycles. The third-order valence-corrected chi connectivity index (χ3v) is 6.54. The second-order valence-electron chi connectivity index (χ2n) is 10.8. The van der Waals surface area contributed by atoms with Crippen molar-refractivity contribution in [2.24, 2.45) is 28.1 Å². The molecule has 0 fully saturated rings. The molecule has 0 aliphatic heterocycles. The van der Waals surface area contributed by atoms with Crippen LogP contribution in [0.1, 0.15) is 44.2 Å². The maximum absolute atomic E-state index is 13.6. The summed E-state index contributed by atoms with van der Waals surface area (Å²) in [5.41, 5.74) is 18.3. The Morgan fingerprint density at radius 2 is 1.35 bits per heavy atom. The number of carbonyl (C=O) groups excluding carboxylic acids is 3. The zero-order chi connectivity index (χ0) is 31.9. The summed E-state index contributed by atoms with van der Waals surface area (Å²) in [6.45, 7) is 3.91. The third-order valence-electron chi connectivity index (χ3n) is 6.54. The Morgan fingerprint density at radius 1 is 0.791 bits per heavy atom. The van der Waals surface area contributed by atoms with Crippen LogP contribution >= 0.6 is 0 Å². The van der Waals surface area contributed by atoms with E-state index in [4.69, 9.17) is 17.2 Å². The van der Waals surface area contributed by atoms with Crippen LogP contribution in [0, 0.1) is 5.92 Å². The molecule has 0 saturated carbocycles. The number of guanidine groups is 1. The van der Waals surface area contributed by atoms with Crippen LogP contribution in [-0.2, 0) is 32.0 Å². The van der Waals surface area contributed by atoms with Gasteiger partial charge >= 0.3 is 5.97 Å². The van der Waals surface area contributed by atoms with Gasteiger partial charge in [0.05, 0.1) is 6.04 Å². The quantitative estimate of drug-likeness (QED) is 0.0702. The Labute approximate surface area is 251 Å². The third kappa shape index (κ3) is 12.8. The molecular weight excluding hydrogens is 554 g/mol. The zero-order valence-electron chi connectivity index (χ0n) is 24.5. The molecule has 4 unspecified atom stereocenters. The zero-order valence-corrected chi connectivity index (χ0v) is 24.5. The van der Waals surface area contributed by atoms with E-state index in [0.717, 1.165) is 5.56 Å². The van der Waals surface area contributed by atoms with Crippen LogP contribution in [0.15, 0.2) is 59.6 Å². The van der Waals surface area contributed by atoms with Crippen LogP contribution in [0.4, 0.5) is 0 Å². The fourth-order valence-corrected chi connectivity index (χ4v) is 4.32. The molecule has 2 aromatic carbocycles. The van der Waals surface area contributed by atoms with Crippen molar-refractivity contribution in [3.05, 3.63) is 65.7 Å². The van der Waals surface area contributed by atoms with Crippen molar-refractivity contribution in [3.63, 3.8) is 0 Å². The smallest absolute Gasteiger partial charge is 0.326 e. The van der Waals surface area contributed by atoms with Gasteiger partial charge < -0.3 is 43.4 Å². The fourth-order valence-electron chi connectivity index (χ4n) is 4.32. The number of carboxylic acids is 1. The second kappa shape index (κ2) is 17.3. The van der Waals surface area contributed by atoms with Crippen LogP contribution in [-0.4, -0.2) is 70.6 Å². The molecule has 234 valence electrons. The number of carboxylic acid groups (broad SMARTS) is 1. The minimum atomic E-state index is -1.24. The topological polar surface area (TPSA) is 235 Å². The number of carbonyl (C=O) groups is 4. The molecule has 11 N–H and O–H groups in total. The number of hydrogen-bond acceptors (Lipinski definition) is 7. The predicted molar refractivity (Wildman–Crippen MR) is 163 cm³/mol. The summed E-state index contributed by atoms with van der Waals surface area (Å²) in [5.74, 6) is -3.23. The summed E-state index contributed by atoms with van der Waals surface area (Å²) >= 11 is 0. The first-order valence-electron chi connectivity index (χ1n) is 14.1. The highest BCUT2D eigenvalue weighted by atomic mass is 16.4. The lowest BCUT2D eigenvalue weighted by Crippen LogP contribution is -2.58. The van der Waals surface area contributed by atoms with E-state index < -0.39 is 47.9 Å². The Bertz CT molecular complexity index is 1230. The molecule has 0 heterocycles. The number of aliphatic carboxylic acids is 1. The van der Waals surface area contributed by atoms with E-state index in [1.807, 2.05) is 44.2 Å². The Morgan fingerprint density at radius 3 is 1.93 bits per heavy atom. The van der Waals surface area contributed by atoms with Crippen LogP contribution in [0.3, 0.4) is 0 Å². The van der Waals surface area contributed by atoms with Gasteiger partial charge in [-0.25, -0.2) is 4.79 Å². The Hall–Kier alpha value is -4.65. The summed E-state index contributed by atoms with van der Waals surface area (Å²) in [4.78, 5) is 55.5. The van der Waals surface area contributed by atoms with Crippen molar-refractivity contribution in [2.75, 3.05) is 6.54 Å². The van der Waals surface area contributed by atoms with E-state index in [1.165, 1.54) is 12.1 Å². The average Bonchev–Trinajstić information content (AvgIpc) is 2.94. The van der Waals surface area contributed by atoms with Crippen LogP contribution in [0.5, 0.6) is 5.75 Å². The number of phenolic OH excluding ortho intramolecular Hbond substituents is 1. The largest absolute Gasteiger partial charge is 0.508 e. The first kappa shape index (κ1) is 34.6. The monoisotopic (exact) mass is 597 g/mol. The molecule has 43 heavy (non-hydrogen) atoms. The van der Waals surface area contributed by atoms with Crippen molar-refractivity contribution >= 4 is 29.7 Å². The van der Waals surface area contributed by atoms with Crippen molar-refractivity contribution in [1.82, 2.24) is 16.0 Å². The molecule has 2 aromatic rings. The maximum atomic E-state index is 13.6. The van der Waals surface area contributed by atoms with Gasteiger partial charge in [-0.1, -0.05) is 56.3 Å². The number of nitrogens with zero attached hydrogens (tertiary/aromatic N) is 1. The van der Waals surface area contributed by atoms with Crippen LogP contribution in [0.25, 0.3) is 0 Å². The van der Waals surface area contributed by atoms with Gasteiger partial charge in [-0.05, 0) is 54.9 Å². The lowest BCUT2D eigenvalue weighted by molar-refractivity contribution is -0.142. The lowest BCUT2D eigenvalue weighted by Gasteiger charge is -2.26. The van der Waals surface area contributed by atoms with Gasteiger partial charge in [-0.3, -0.25) is 19.4 Å². The van der Waals surface area contributed by atoms with E-state index in [1.54, 1.807) is 12.1 Å². The normalized spacial score (nSPS) is 13.7. The number of phenols is 1. The molecule has 13 heteroatoms. The molecule has 0 radical (unpaired) electrons. The highest BCUT2D eigenvalue weighted by molar-refractivity contribution is 5.94. The number of nitrogens with one attached hydrogen (secondary N) is 3. The summed E-state index contributed by atoms with van der Waals surface area (Å²) < 4.78 is 0. The van der Waals surface area contributed by atoms with Gasteiger partial charge in [0.2, 0.25) is 17.7 Å². The number of rotatable bonds is 17. The molecule has 0 aliphatic rings. The molecular formula is C30H43N7O6. The maximum Gasteiger partial charge on any atom is 0.326 e.